The van der Waals surface area contributed by atoms with Crippen molar-refractivity contribution in [2.45, 2.75) is 32.8 Å². The minimum absolute atomic E-state index is 0.257. The second-order valence-electron chi connectivity index (χ2n) is 3.33. The molecule has 0 aliphatic rings. The van der Waals surface area contributed by atoms with E-state index in [1.165, 1.54) is 0 Å². The third kappa shape index (κ3) is 3.75. The van der Waals surface area contributed by atoms with Gasteiger partial charge in [-0.15, -0.1) is 0 Å². The van der Waals surface area contributed by atoms with E-state index in [0.29, 0.717) is 5.15 Å². The number of pyridine rings is 1. The van der Waals surface area contributed by atoms with E-state index in [1.54, 1.807) is 6.92 Å². The first-order valence-corrected chi connectivity index (χ1v) is 4.77. The largest absolute Gasteiger partial charge is 0.393 e. The summed E-state index contributed by atoms with van der Waals surface area (Å²) in [6, 6.07) is 3.84. The van der Waals surface area contributed by atoms with Gasteiger partial charge < -0.3 is 5.11 Å². The minimum Gasteiger partial charge on any atom is -0.393 e. The van der Waals surface area contributed by atoms with E-state index in [1.807, 2.05) is 19.1 Å². The van der Waals surface area contributed by atoms with Crippen molar-refractivity contribution < 1.29 is 5.11 Å². The first-order chi connectivity index (χ1) is 6.08. The molecule has 1 aromatic heterocycles. The zero-order valence-corrected chi connectivity index (χ0v) is 8.67. The van der Waals surface area contributed by atoms with Crippen molar-refractivity contribution in [1.82, 2.24) is 4.98 Å². The molecule has 1 atom stereocenters. The molecule has 1 heterocycles. The third-order valence-corrected chi connectivity index (χ3v) is 2.03. The molecule has 0 saturated carbocycles. The number of aromatic nitrogens is 1. The number of aryl methyl sites for hydroxylation is 2. The molecule has 0 radical (unpaired) electrons. The fraction of sp³-hybridized carbons (Fsp3) is 0.500. The molecular weight excluding hydrogens is 186 g/mol. The topological polar surface area (TPSA) is 33.1 Å². The highest BCUT2D eigenvalue weighted by molar-refractivity contribution is 6.29. The molecular formula is C10H14ClNO. The summed E-state index contributed by atoms with van der Waals surface area (Å²) in [6.45, 7) is 3.70. The number of aliphatic hydroxyl groups excluding tert-OH is 1. The van der Waals surface area contributed by atoms with E-state index < -0.39 is 0 Å². The lowest BCUT2D eigenvalue weighted by molar-refractivity contribution is 0.185. The summed E-state index contributed by atoms with van der Waals surface area (Å²) in [4.78, 5) is 4.06. The van der Waals surface area contributed by atoms with E-state index in [2.05, 4.69) is 4.98 Å². The highest BCUT2D eigenvalue weighted by Crippen LogP contribution is 2.12. The van der Waals surface area contributed by atoms with Crippen molar-refractivity contribution in [2.75, 3.05) is 0 Å². The van der Waals surface area contributed by atoms with Crippen LogP contribution in [-0.4, -0.2) is 16.2 Å². The van der Waals surface area contributed by atoms with Gasteiger partial charge in [-0.1, -0.05) is 11.6 Å². The fourth-order valence-electron chi connectivity index (χ4n) is 1.22. The summed E-state index contributed by atoms with van der Waals surface area (Å²) < 4.78 is 0. The molecule has 1 N–H and O–H groups in total. The lowest BCUT2D eigenvalue weighted by atomic mass is 10.1. The van der Waals surface area contributed by atoms with Gasteiger partial charge in [-0.3, -0.25) is 0 Å². The van der Waals surface area contributed by atoms with Gasteiger partial charge in [0.05, 0.1) is 6.10 Å². The van der Waals surface area contributed by atoms with Gasteiger partial charge in [-0.05, 0) is 44.4 Å². The standard InChI is InChI=1S/C10H14ClNO/c1-7-5-9(4-3-8(2)13)6-10(11)12-7/h5-6,8,13H,3-4H2,1-2H3/t8-/m1/s1. The van der Waals surface area contributed by atoms with Crippen molar-refractivity contribution in [3.8, 4) is 0 Å². The Balaban J connectivity index is 2.66. The Morgan fingerprint density at radius 1 is 1.54 bits per heavy atom. The Morgan fingerprint density at radius 2 is 2.23 bits per heavy atom. The van der Waals surface area contributed by atoms with Gasteiger partial charge in [0.2, 0.25) is 0 Å². The van der Waals surface area contributed by atoms with Crippen molar-refractivity contribution in [2.24, 2.45) is 0 Å². The summed E-state index contributed by atoms with van der Waals surface area (Å²) >= 11 is 5.79. The number of nitrogens with zero attached hydrogens (tertiary/aromatic N) is 1. The second kappa shape index (κ2) is 4.58. The summed E-state index contributed by atoms with van der Waals surface area (Å²) in [7, 11) is 0. The van der Waals surface area contributed by atoms with E-state index in [9.17, 15) is 0 Å². The number of halogens is 1. The Kier molecular flexibility index (Phi) is 3.70. The Hall–Kier alpha value is -0.600. The molecule has 0 fully saturated rings. The molecule has 72 valence electrons. The average molecular weight is 200 g/mol. The van der Waals surface area contributed by atoms with Crippen molar-refractivity contribution in [1.29, 1.82) is 0 Å². The number of rotatable bonds is 3. The first-order valence-electron chi connectivity index (χ1n) is 4.39. The highest BCUT2D eigenvalue weighted by atomic mass is 35.5. The molecule has 2 nitrogen and oxygen atoms in total. The van der Waals surface area contributed by atoms with Gasteiger partial charge in [0.1, 0.15) is 5.15 Å². The SMILES string of the molecule is Cc1cc(CC[C@@H](C)O)cc(Cl)n1. The zero-order valence-electron chi connectivity index (χ0n) is 7.92. The number of aliphatic hydroxyl groups is 1. The minimum atomic E-state index is -0.257. The van der Waals surface area contributed by atoms with Gasteiger partial charge in [0.25, 0.3) is 0 Å². The van der Waals surface area contributed by atoms with Crippen molar-refractivity contribution >= 4 is 11.6 Å². The lowest BCUT2D eigenvalue weighted by Crippen LogP contribution is -2.01. The van der Waals surface area contributed by atoms with Crippen LogP contribution < -0.4 is 0 Å². The molecule has 1 rings (SSSR count). The lowest BCUT2D eigenvalue weighted by Gasteiger charge is -2.05. The maximum Gasteiger partial charge on any atom is 0.129 e. The second-order valence-corrected chi connectivity index (χ2v) is 3.71. The fourth-order valence-corrected chi connectivity index (χ4v) is 1.49. The van der Waals surface area contributed by atoms with Gasteiger partial charge in [-0.25, -0.2) is 4.98 Å². The Labute approximate surface area is 83.6 Å². The molecule has 0 saturated heterocycles. The monoisotopic (exact) mass is 199 g/mol. The average Bonchev–Trinajstić information content (AvgIpc) is 1.99. The van der Waals surface area contributed by atoms with Gasteiger partial charge in [0, 0.05) is 5.69 Å². The highest BCUT2D eigenvalue weighted by Gasteiger charge is 2.00. The van der Waals surface area contributed by atoms with Crippen molar-refractivity contribution in [3.05, 3.63) is 28.5 Å². The maximum atomic E-state index is 9.10. The molecule has 1 aromatic rings. The van der Waals surface area contributed by atoms with Crippen molar-refractivity contribution in [3.63, 3.8) is 0 Å². The molecule has 0 aliphatic carbocycles. The predicted octanol–water partition coefficient (Wildman–Crippen LogP) is 2.36. The molecule has 0 amide bonds. The van der Waals surface area contributed by atoms with Crippen LogP contribution in [0.15, 0.2) is 12.1 Å². The van der Waals surface area contributed by atoms with Crippen LogP contribution in [0.5, 0.6) is 0 Å². The summed E-state index contributed by atoms with van der Waals surface area (Å²) in [6.07, 6.45) is 1.35. The molecule has 3 heteroatoms. The van der Waals surface area contributed by atoms with Crippen LogP contribution in [-0.2, 0) is 6.42 Å². The van der Waals surface area contributed by atoms with Gasteiger partial charge in [-0.2, -0.15) is 0 Å². The Morgan fingerprint density at radius 3 is 2.77 bits per heavy atom. The van der Waals surface area contributed by atoms with E-state index in [4.69, 9.17) is 16.7 Å². The molecule has 13 heavy (non-hydrogen) atoms. The maximum absolute atomic E-state index is 9.10. The molecule has 0 spiro atoms. The zero-order chi connectivity index (χ0) is 9.84. The molecule has 0 aromatic carbocycles. The summed E-state index contributed by atoms with van der Waals surface area (Å²) in [5.74, 6) is 0. The summed E-state index contributed by atoms with van der Waals surface area (Å²) in [5.41, 5.74) is 2.06. The molecule has 0 bridgehead atoms. The van der Waals surface area contributed by atoms with E-state index >= 15 is 0 Å². The van der Waals surface area contributed by atoms with Crippen LogP contribution in [0.3, 0.4) is 0 Å². The van der Waals surface area contributed by atoms with Crippen LogP contribution >= 0.6 is 11.6 Å². The quantitative estimate of drug-likeness (QED) is 0.759. The van der Waals surface area contributed by atoms with Crippen LogP contribution in [0.25, 0.3) is 0 Å². The van der Waals surface area contributed by atoms with Crippen LogP contribution in [0.2, 0.25) is 5.15 Å². The molecule has 0 aliphatic heterocycles. The van der Waals surface area contributed by atoms with Gasteiger partial charge >= 0.3 is 0 Å². The predicted molar refractivity (Wildman–Crippen MR) is 54.0 cm³/mol. The number of hydrogen-bond donors (Lipinski definition) is 1. The third-order valence-electron chi connectivity index (χ3n) is 1.83. The number of hydrogen-bond acceptors (Lipinski definition) is 2. The Bertz CT molecular complexity index is 266. The smallest absolute Gasteiger partial charge is 0.129 e. The van der Waals surface area contributed by atoms with Crippen LogP contribution in [0, 0.1) is 6.92 Å². The normalized spacial score (nSPS) is 12.9. The van der Waals surface area contributed by atoms with Gasteiger partial charge in [0.15, 0.2) is 0 Å². The van der Waals surface area contributed by atoms with Crippen LogP contribution in [0.4, 0.5) is 0 Å². The van der Waals surface area contributed by atoms with Crippen LogP contribution in [0.1, 0.15) is 24.6 Å². The van der Waals surface area contributed by atoms with E-state index in [0.717, 1.165) is 24.1 Å². The first kappa shape index (κ1) is 10.5. The van der Waals surface area contributed by atoms with E-state index in [-0.39, 0.29) is 6.10 Å². The summed E-state index contributed by atoms with van der Waals surface area (Å²) in [5, 5.41) is 9.63. The molecule has 0 unspecified atom stereocenters.